The van der Waals surface area contributed by atoms with E-state index in [4.69, 9.17) is 4.74 Å². The second-order valence-electron chi connectivity index (χ2n) is 5.92. The summed E-state index contributed by atoms with van der Waals surface area (Å²) < 4.78 is 57.2. The number of aromatic nitrogens is 2. The Morgan fingerprint density at radius 3 is 2.56 bits per heavy atom. The summed E-state index contributed by atoms with van der Waals surface area (Å²) >= 11 is 0. The van der Waals surface area contributed by atoms with Crippen molar-refractivity contribution in [3.05, 3.63) is 48.2 Å². The number of anilines is 1. The zero-order chi connectivity index (χ0) is 17.9. The molecule has 25 heavy (non-hydrogen) atoms. The van der Waals surface area contributed by atoms with Crippen LogP contribution in [0.3, 0.4) is 0 Å². The SMILES string of the molecule is Fc1cccnc1N1CCC(COc2ccnc(C(F)(F)F)c2)CC1. The Morgan fingerprint density at radius 2 is 1.88 bits per heavy atom. The van der Waals surface area contributed by atoms with Crippen LogP contribution in [0.5, 0.6) is 5.75 Å². The van der Waals surface area contributed by atoms with Crippen molar-refractivity contribution in [1.82, 2.24) is 9.97 Å². The second kappa shape index (κ2) is 7.25. The molecule has 1 saturated heterocycles. The topological polar surface area (TPSA) is 38.2 Å². The molecule has 1 aliphatic heterocycles. The normalized spacial score (nSPS) is 16.1. The van der Waals surface area contributed by atoms with E-state index in [2.05, 4.69) is 9.97 Å². The maximum absolute atomic E-state index is 13.7. The van der Waals surface area contributed by atoms with Crippen LogP contribution < -0.4 is 9.64 Å². The summed E-state index contributed by atoms with van der Waals surface area (Å²) in [6.07, 6.45) is -0.336. The van der Waals surface area contributed by atoms with Gasteiger partial charge in [0.05, 0.1) is 6.61 Å². The number of rotatable bonds is 4. The molecule has 1 fully saturated rings. The Balaban J connectivity index is 1.52. The third-order valence-corrected chi connectivity index (χ3v) is 4.16. The summed E-state index contributed by atoms with van der Waals surface area (Å²) in [4.78, 5) is 9.24. The van der Waals surface area contributed by atoms with E-state index in [-0.39, 0.29) is 17.5 Å². The van der Waals surface area contributed by atoms with Gasteiger partial charge in [-0.3, -0.25) is 4.98 Å². The largest absolute Gasteiger partial charge is 0.493 e. The van der Waals surface area contributed by atoms with Gasteiger partial charge in [0.15, 0.2) is 11.6 Å². The summed E-state index contributed by atoms with van der Waals surface area (Å²) in [6.45, 7) is 1.58. The molecule has 3 heterocycles. The van der Waals surface area contributed by atoms with Gasteiger partial charge in [0.1, 0.15) is 11.4 Å². The molecule has 0 spiro atoms. The van der Waals surface area contributed by atoms with Crippen molar-refractivity contribution in [3.8, 4) is 5.75 Å². The summed E-state index contributed by atoms with van der Waals surface area (Å²) in [6, 6.07) is 5.23. The van der Waals surface area contributed by atoms with Crippen LogP contribution in [-0.4, -0.2) is 29.7 Å². The minimum Gasteiger partial charge on any atom is -0.493 e. The lowest BCUT2D eigenvalue weighted by Gasteiger charge is -2.32. The number of hydrogen-bond donors (Lipinski definition) is 0. The smallest absolute Gasteiger partial charge is 0.433 e. The van der Waals surface area contributed by atoms with Gasteiger partial charge in [-0.05, 0) is 37.0 Å². The second-order valence-corrected chi connectivity index (χ2v) is 5.92. The Kier molecular flexibility index (Phi) is 5.06. The van der Waals surface area contributed by atoms with E-state index in [0.29, 0.717) is 25.5 Å². The monoisotopic (exact) mass is 355 g/mol. The van der Waals surface area contributed by atoms with Crippen LogP contribution in [0.15, 0.2) is 36.7 Å². The maximum Gasteiger partial charge on any atom is 0.433 e. The molecule has 2 aromatic rings. The van der Waals surface area contributed by atoms with Crippen LogP contribution in [0, 0.1) is 11.7 Å². The Hall–Kier alpha value is -2.38. The zero-order valence-corrected chi connectivity index (χ0v) is 13.3. The van der Waals surface area contributed by atoms with Gasteiger partial charge in [0.2, 0.25) is 0 Å². The molecule has 0 N–H and O–H groups in total. The Labute approximate surface area is 142 Å². The molecule has 0 aromatic carbocycles. The third-order valence-electron chi connectivity index (χ3n) is 4.16. The molecule has 0 amide bonds. The average molecular weight is 355 g/mol. The van der Waals surface area contributed by atoms with E-state index in [1.165, 1.54) is 12.1 Å². The molecule has 0 aliphatic carbocycles. The number of ether oxygens (including phenoxy) is 1. The molecular weight excluding hydrogens is 338 g/mol. The highest BCUT2D eigenvalue weighted by atomic mass is 19.4. The molecular formula is C17H17F4N3O. The van der Waals surface area contributed by atoms with Crippen molar-refractivity contribution in [2.75, 3.05) is 24.6 Å². The summed E-state index contributed by atoms with van der Waals surface area (Å²) in [7, 11) is 0. The van der Waals surface area contributed by atoms with Crippen molar-refractivity contribution in [2.24, 2.45) is 5.92 Å². The van der Waals surface area contributed by atoms with Crippen LogP contribution >= 0.6 is 0 Å². The van der Waals surface area contributed by atoms with Crippen molar-refractivity contribution in [1.29, 1.82) is 0 Å². The predicted molar refractivity (Wildman–Crippen MR) is 83.9 cm³/mol. The molecule has 3 rings (SSSR count). The highest BCUT2D eigenvalue weighted by Crippen LogP contribution is 2.30. The van der Waals surface area contributed by atoms with Gasteiger partial charge >= 0.3 is 6.18 Å². The first-order chi connectivity index (χ1) is 11.9. The van der Waals surface area contributed by atoms with Crippen molar-refractivity contribution >= 4 is 5.82 Å². The maximum atomic E-state index is 13.7. The molecule has 1 aliphatic rings. The van der Waals surface area contributed by atoms with Gasteiger partial charge in [-0.2, -0.15) is 13.2 Å². The third kappa shape index (κ3) is 4.37. The molecule has 0 bridgehead atoms. The van der Waals surface area contributed by atoms with Crippen molar-refractivity contribution < 1.29 is 22.3 Å². The van der Waals surface area contributed by atoms with E-state index in [1.54, 1.807) is 12.3 Å². The quantitative estimate of drug-likeness (QED) is 0.779. The number of halogens is 4. The van der Waals surface area contributed by atoms with Crippen LogP contribution in [0.4, 0.5) is 23.4 Å². The fourth-order valence-corrected chi connectivity index (χ4v) is 2.79. The highest BCUT2D eigenvalue weighted by Gasteiger charge is 2.32. The molecule has 4 nitrogen and oxygen atoms in total. The van der Waals surface area contributed by atoms with E-state index in [1.807, 2.05) is 4.90 Å². The van der Waals surface area contributed by atoms with Crippen LogP contribution in [0.1, 0.15) is 18.5 Å². The first-order valence-corrected chi connectivity index (χ1v) is 7.95. The number of hydrogen-bond acceptors (Lipinski definition) is 4. The first kappa shape index (κ1) is 17.4. The van der Waals surface area contributed by atoms with Gasteiger partial charge in [0.25, 0.3) is 0 Å². The molecule has 0 unspecified atom stereocenters. The van der Waals surface area contributed by atoms with Gasteiger partial charge in [0, 0.05) is 31.5 Å². The van der Waals surface area contributed by atoms with Gasteiger partial charge < -0.3 is 9.64 Å². The van der Waals surface area contributed by atoms with E-state index >= 15 is 0 Å². The summed E-state index contributed by atoms with van der Waals surface area (Å²) in [5, 5.41) is 0. The number of piperidine rings is 1. The van der Waals surface area contributed by atoms with Crippen molar-refractivity contribution in [2.45, 2.75) is 19.0 Å². The number of nitrogens with zero attached hydrogens (tertiary/aromatic N) is 3. The van der Waals surface area contributed by atoms with Crippen LogP contribution in [0.25, 0.3) is 0 Å². The predicted octanol–water partition coefficient (Wildman–Crippen LogP) is 3.93. The fraction of sp³-hybridized carbons (Fsp3) is 0.412. The molecule has 0 radical (unpaired) electrons. The lowest BCUT2D eigenvalue weighted by atomic mass is 9.98. The van der Waals surface area contributed by atoms with E-state index in [9.17, 15) is 17.6 Å². The van der Waals surface area contributed by atoms with Crippen molar-refractivity contribution in [3.63, 3.8) is 0 Å². The molecule has 8 heteroatoms. The van der Waals surface area contributed by atoms with E-state index < -0.39 is 11.9 Å². The van der Waals surface area contributed by atoms with Gasteiger partial charge in [-0.25, -0.2) is 9.37 Å². The minimum absolute atomic E-state index is 0.153. The van der Waals surface area contributed by atoms with Gasteiger partial charge in [-0.1, -0.05) is 0 Å². The zero-order valence-electron chi connectivity index (χ0n) is 13.3. The minimum atomic E-state index is -4.49. The lowest BCUT2D eigenvalue weighted by Crippen LogP contribution is -2.36. The highest BCUT2D eigenvalue weighted by molar-refractivity contribution is 5.39. The summed E-state index contributed by atoms with van der Waals surface area (Å²) in [5.74, 6) is 0.338. The molecule has 2 aromatic heterocycles. The summed E-state index contributed by atoms with van der Waals surface area (Å²) in [5.41, 5.74) is -0.967. The molecule has 0 atom stereocenters. The fourth-order valence-electron chi connectivity index (χ4n) is 2.79. The molecule has 0 saturated carbocycles. The van der Waals surface area contributed by atoms with E-state index in [0.717, 1.165) is 25.1 Å². The van der Waals surface area contributed by atoms with Crippen LogP contribution in [-0.2, 0) is 6.18 Å². The Morgan fingerprint density at radius 1 is 1.12 bits per heavy atom. The first-order valence-electron chi connectivity index (χ1n) is 7.95. The number of alkyl halides is 3. The molecule has 134 valence electrons. The van der Waals surface area contributed by atoms with Gasteiger partial charge in [-0.15, -0.1) is 0 Å². The lowest BCUT2D eigenvalue weighted by molar-refractivity contribution is -0.141. The average Bonchev–Trinajstić information content (AvgIpc) is 2.60. The Bertz CT molecular complexity index is 715. The number of pyridine rings is 2. The van der Waals surface area contributed by atoms with Crippen LogP contribution in [0.2, 0.25) is 0 Å². The standard InChI is InChI=1S/C17H17F4N3O/c18-14-2-1-6-23-16(14)24-8-4-12(5-9-24)11-25-13-3-7-22-15(10-13)17(19,20)21/h1-3,6-7,10,12H,4-5,8-9,11H2.